The first kappa shape index (κ1) is 36.2. The van der Waals surface area contributed by atoms with E-state index < -0.39 is 66.7 Å². The topological polar surface area (TPSA) is 157 Å². The van der Waals surface area contributed by atoms with E-state index in [9.17, 15) is 29.1 Å². The molecular weight excluding hydrogens is 784 g/mol. The van der Waals surface area contributed by atoms with Crippen LogP contribution in [0.25, 0.3) is 21.8 Å². The van der Waals surface area contributed by atoms with Crippen molar-refractivity contribution in [2.75, 3.05) is 14.2 Å². The number of phenolic OH excluding ortho intramolecular Hbond substituents is 1. The highest BCUT2D eigenvalue weighted by Crippen LogP contribution is 2.65. The fourth-order valence-corrected chi connectivity index (χ4v) is 9.71. The number of benzene rings is 3. The predicted octanol–water partition coefficient (Wildman–Crippen LogP) is 4.64. The second-order valence-electron chi connectivity index (χ2n) is 13.4. The molecule has 0 amide bonds. The Bertz CT molecular complexity index is 2760. The average Bonchev–Trinajstić information content (AvgIpc) is 3.42. The number of carbonyl (C=O) groups excluding carboxylic acids is 2. The van der Waals surface area contributed by atoms with E-state index in [0.29, 0.717) is 38.9 Å². The van der Waals surface area contributed by atoms with Gasteiger partial charge in [-0.3, -0.25) is 14.4 Å². The van der Waals surface area contributed by atoms with E-state index in [1.54, 1.807) is 55.6 Å². The Balaban J connectivity index is 1.27. The fraction of sp³-hybridized carbons (Fsp3) is 0.297. The lowest BCUT2D eigenvalue weighted by Crippen LogP contribution is -2.67. The number of alkyl halides is 2. The third-order valence-electron chi connectivity index (χ3n) is 10.8. The van der Waals surface area contributed by atoms with Crippen molar-refractivity contribution in [3.8, 4) is 17.2 Å². The van der Waals surface area contributed by atoms with Crippen LogP contribution in [0, 0.1) is 0 Å². The highest BCUT2D eigenvalue weighted by Gasteiger charge is 2.72. The highest BCUT2D eigenvalue weighted by molar-refractivity contribution is 6.66. The molecule has 54 heavy (non-hydrogen) atoms. The third kappa shape index (κ3) is 4.77. The van der Waals surface area contributed by atoms with Crippen LogP contribution in [0.4, 0.5) is 0 Å². The number of Topliss-reactive ketones (excluding diaryl/α,β-unsaturated/α-hetero) is 2. The van der Waals surface area contributed by atoms with Gasteiger partial charge in [0, 0.05) is 50.0 Å². The molecule has 1 N–H and O–H groups in total. The molecule has 1 aliphatic heterocycles. The van der Waals surface area contributed by atoms with Crippen molar-refractivity contribution in [3.05, 3.63) is 113 Å². The Morgan fingerprint density at radius 2 is 1.61 bits per heavy atom. The first-order valence-corrected chi connectivity index (χ1v) is 18.2. The lowest BCUT2D eigenvalue weighted by Gasteiger charge is -2.54. The molecule has 1 saturated carbocycles. The Labute approximate surface area is 325 Å². The predicted molar refractivity (Wildman–Crippen MR) is 203 cm³/mol. The van der Waals surface area contributed by atoms with Crippen LogP contribution < -0.4 is 26.4 Å². The smallest absolute Gasteiger partial charge is 0.347 e. The van der Waals surface area contributed by atoms with Gasteiger partial charge in [0.1, 0.15) is 31.3 Å². The molecule has 0 saturated heterocycles. The number of fused-ring (bicyclic) bond motifs is 6. The number of nitrogens with zero attached hydrogens (tertiary/aromatic N) is 5. The van der Waals surface area contributed by atoms with Gasteiger partial charge in [0.2, 0.25) is 0 Å². The molecule has 2 aliphatic carbocycles. The Hall–Kier alpha value is -4.82. The molecule has 1 fully saturated rings. The Morgan fingerprint density at radius 3 is 2.33 bits per heavy atom. The van der Waals surface area contributed by atoms with E-state index >= 15 is 0 Å². The number of aromatic nitrogens is 5. The van der Waals surface area contributed by atoms with Crippen LogP contribution in [0.2, 0.25) is 0 Å². The number of allylic oxidation sites excluding steroid dienone is 4. The maximum atomic E-state index is 14.4. The highest BCUT2D eigenvalue weighted by atomic mass is 35.5. The van der Waals surface area contributed by atoms with Gasteiger partial charge in [-0.2, -0.15) is 0 Å². The number of aromatic hydroxyl groups is 1. The summed E-state index contributed by atoms with van der Waals surface area (Å²) >= 11 is 27.4. The summed E-state index contributed by atoms with van der Waals surface area (Å²) in [6.45, 7) is -0.365. The SMILES string of the molecule is COc1cc2nc(CCn3c(=O)n4n(c3=O)[C@@H]3C[C@@]5(Cl)C(=O)C(Cl)=C(Cl)C(=O)[C@@]5(Cl)[C@@H](c5c(O)ccc6ccccc56)C3=CC4)c(=O)n(C)c2cc1OC. The number of aryl methyl sites for hydroxylation is 2. The maximum absolute atomic E-state index is 14.4. The number of halogens is 4. The van der Waals surface area contributed by atoms with Crippen LogP contribution in [0.15, 0.2) is 84.6 Å². The van der Waals surface area contributed by atoms with Crippen molar-refractivity contribution >= 4 is 79.8 Å². The number of methoxy groups -OCH3 is 2. The molecule has 5 aromatic rings. The number of hydrogen-bond acceptors (Lipinski definition) is 9. The summed E-state index contributed by atoms with van der Waals surface area (Å²) in [6.07, 6.45) is 1.12. The maximum Gasteiger partial charge on any atom is 0.347 e. The molecular formula is C37H29Cl4N5O8. The van der Waals surface area contributed by atoms with E-state index in [1.165, 1.54) is 34.2 Å². The van der Waals surface area contributed by atoms with Crippen LogP contribution in [-0.2, 0) is 36.1 Å². The van der Waals surface area contributed by atoms with Crippen LogP contribution in [0.5, 0.6) is 17.2 Å². The van der Waals surface area contributed by atoms with E-state index in [2.05, 4.69) is 4.98 Å². The van der Waals surface area contributed by atoms with Crippen molar-refractivity contribution < 1.29 is 24.2 Å². The van der Waals surface area contributed by atoms with Gasteiger partial charge in [0.15, 0.2) is 23.1 Å². The first-order chi connectivity index (χ1) is 25.7. The summed E-state index contributed by atoms with van der Waals surface area (Å²) in [6, 6.07) is 12.3. The molecule has 0 spiro atoms. The monoisotopic (exact) mass is 811 g/mol. The molecule has 13 nitrogen and oxygen atoms in total. The van der Waals surface area contributed by atoms with Gasteiger partial charge in [-0.1, -0.05) is 59.6 Å². The normalized spacial score (nSPS) is 23.6. The molecule has 3 heterocycles. The summed E-state index contributed by atoms with van der Waals surface area (Å²) in [5.74, 6) is -2.62. The van der Waals surface area contributed by atoms with E-state index in [4.69, 9.17) is 55.9 Å². The van der Waals surface area contributed by atoms with Crippen molar-refractivity contribution in [1.29, 1.82) is 0 Å². The summed E-state index contributed by atoms with van der Waals surface area (Å²) < 4.78 is 15.5. The van der Waals surface area contributed by atoms with Crippen molar-refractivity contribution in [3.63, 3.8) is 0 Å². The van der Waals surface area contributed by atoms with E-state index in [1.807, 2.05) is 0 Å². The van der Waals surface area contributed by atoms with Crippen LogP contribution in [-0.4, -0.2) is 64.1 Å². The number of carbonyl (C=O) groups is 2. The van der Waals surface area contributed by atoms with Gasteiger partial charge < -0.3 is 19.1 Å². The lowest BCUT2D eigenvalue weighted by molar-refractivity contribution is -0.128. The second-order valence-corrected chi connectivity index (χ2v) is 15.4. The van der Waals surface area contributed by atoms with Crippen molar-refractivity contribution in [2.24, 2.45) is 7.05 Å². The minimum atomic E-state index is -2.31. The van der Waals surface area contributed by atoms with Crippen molar-refractivity contribution in [2.45, 2.75) is 47.6 Å². The zero-order valence-corrected chi connectivity index (χ0v) is 31.8. The fourth-order valence-electron chi connectivity index (χ4n) is 8.20. The molecule has 2 aromatic heterocycles. The summed E-state index contributed by atoms with van der Waals surface area (Å²) in [5, 5.41) is 11.5. The number of hydrogen-bond donors (Lipinski definition) is 1. The van der Waals surface area contributed by atoms with Crippen LogP contribution in [0.1, 0.15) is 29.6 Å². The second kappa shape index (κ2) is 12.6. The van der Waals surface area contributed by atoms with E-state index in [-0.39, 0.29) is 36.5 Å². The molecule has 3 aliphatic rings. The minimum absolute atomic E-state index is 0.0936. The molecule has 278 valence electrons. The first-order valence-electron chi connectivity index (χ1n) is 16.7. The Kier molecular flexibility index (Phi) is 8.45. The number of ketones is 2. The number of ether oxygens (including phenoxy) is 2. The van der Waals surface area contributed by atoms with Gasteiger partial charge in [-0.05, 0) is 22.4 Å². The molecule has 4 atom stereocenters. The summed E-state index contributed by atoms with van der Waals surface area (Å²) in [4.78, 5) is 69.9. The molecule has 8 rings (SSSR count). The van der Waals surface area contributed by atoms with Gasteiger partial charge in [-0.15, -0.1) is 23.2 Å². The number of phenols is 1. The van der Waals surface area contributed by atoms with Crippen LogP contribution >= 0.6 is 46.4 Å². The van der Waals surface area contributed by atoms with Crippen LogP contribution in [0.3, 0.4) is 0 Å². The van der Waals surface area contributed by atoms with Crippen molar-refractivity contribution in [1.82, 2.24) is 23.5 Å². The van der Waals surface area contributed by atoms with Gasteiger partial charge >= 0.3 is 11.4 Å². The summed E-state index contributed by atoms with van der Waals surface area (Å²) in [7, 11) is 4.53. The molecule has 17 heteroatoms. The molecule has 0 bridgehead atoms. The quantitative estimate of drug-likeness (QED) is 0.191. The Morgan fingerprint density at radius 1 is 0.926 bits per heavy atom. The minimum Gasteiger partial charge on any atom is -0.508 e. The number of rotatable bonds is 6. The molecule has 0 radical (unpaired) electrons. The molecule has 3 aromatic carbocycles. The largest absolute Gasteiger partial charge is 0.508 e. The van der Waals surface area contributed by atoms with Gasteiger partial charge in [0.25, 0.3) is 5.56 Å². The third-order valence-corrected chi connectivity index (χ3v) is 13.1. The molecule has 0 unspecified atom stereocenters. The standard InChI is InChI=1S/C37H29Cl4N5O8/c1-43-22-15-26(54-3)25(53-2)14-21(22)42-20(33(43)50)11-12-44-34(51)45-13-10-19-23(46(45)35(44)52)16-36(40)31(48)29(38)30(39)32(49)37(36,41)28(19)27-18-7-5-4-6-17(18)8-9-24(27)47/h4-10,14-15,23,28,47H,11-13,16H2,1-3H3/t23-,28-,36-,37+/m1/s1. The van der Waals surface area contributed by atoms with Gasteiger partial charge in [-0.25, -0.2) is 28.5 Å². The average molecular weight is 813 g/mol. The zero-order valence-electron chi connectivity index (χ0n) is 28.7. The zero-order chi connectivity index (χ0) is 38.6. The summed E-state index contributed by atoms with van der Waals surface area (Å²) in [5.41, 5.74) is -0.337. The van der Waals surface area contributed by atoms with E-state index in [0.717, 1.165) is 4.57 Å². The van der Waals surface area contributed by atoms with Gasteiger partial charge in [0.05, 0.1) is 37.8 Å². The lowest BCUT2D eigenvalue weighted by atomic mass is 9.58.